The lowest BCUT2D eigenvalue weighted by molar-refractivity contribution is -0.0486. The van der Waals surface area contributed by atoms with Crippen molar-refractivity contribution in [2.24, 2.45) is 5.41 Å². The van der Waals surface area contributed by atoms with Crippen LogP contribution in [0.5, 0.6) is 0 Å². The number of likely N-dealkylation sites (N-methyl/N-ethyl adjacent to an activating group) is 1. The Hall–Kier alpha value is -0.120. The average molecular weight is 229 g/mol. The monoisotopic (exact) mass is 229 g/mol. The molecule has 16 heavy (non-hydrogen) atoms. The summed E-state index contributed by atoms with van der Waals surface area (Å²) < 4.78 is 11.4. The molecule has 0 saturated carbocycles. The smallest absolute Gasteiger partial charge is 0.0808 e. The van der Waals surface area contributed by atoms with Gasteiger partial charge < -0.3 is 14.8 Å². The van der Waals surface area contributed by atoms with Crippen LogP contribution in [-0.4, -0.2) is 39.0 Å². The summed E-state index contributed by atoms with van der Waals surface area (Å²) in [6, 6.07) is 0.399. The van der Waals surface area contributed by atoms with Crippen LogP contribution in [0.3, 0.4) is 0 Å². The van der Waals surface area contributed by atoms with Crippen LogP contribution in [0.25, 0.3) is 0 Å². The van der Waals surface area contributed by atoms with E-state index in [1.54, 1.807) is 0 Å². The van der Waals surface area contributed by atoms with Crippen LogP contribution < -0.4 is 5.32 Å². The SMILES string of the molecule is CNC(COCC1CCCCO1)C(C)(C)C. The van der Waals surface area contributed by atoms with Crippen LogP contribution in [0.1, 0.15) is 40.0 Å². The van der Waals surface area contributed by atoms with Crippen molar-refractivity contribution in [2.75, 3.05) is 26.9 Å². The molecule has 1 aliphatic heterocycles. The Labute approximate surface area is 99.9 Å². The van der Waals surface area contributed by atoms with Gasteiger partial charge in [-0.1, -0.05) is 20.8 Å². The normalized spacial score (nSPS) is 24.4. The van der Waals surface area contributed by atoms with Gasteiger partial charge in [-0.2, -0.15) is 0 Å². The molecule has 2 unspecified atom stereocenters. The summed E-state index contributed by atoms with van der Waals surface area (Å²) in [6.45, 7) is 9.11. The molecule has 0 radical (unpaired) electrons. The molecule has 96 valence electrons. The lowest BCUT2D eigenvalue weighted by atomic mass is 9.87. The van der Waals surface area contributed by atoms with Gasteiger partial charge in [-0.05, 0) is 31.7 Å². The molecule has 3 nitrogen and oxygen atoms in total. The zero-order valence-corrected chi connectivity index (χ0v) is 11.2. The standard InChI is InChI=1S/C13H27NO2/c1-13(2,3)12(14-4)10-15-9-11-7-5-6-8-16-11/h11-12,14H,5-10H2,1-4H3. The quantitative estimate of drug-likeness (QED) is 0.784. The van der Waals surface area contributed by atoms with Gasteiger partial charge in [0, 0.05) is 12.6 Å². The van der Waals surface area contributed by atoms with Crippen LogP contribution >= 0.6 is 0 Å². The Kier molecular flexibility index (Phi) is 5.73. The van der Waals surface area contributed by atoms with Gasteiger partial charge in [0.2, 0.25) is 0 Å². The maximum absolute atomic E-state index is 5.77. The van der Waals surface area contributed by atoms with E-state index in [0.29, 0.717) is 12.1 Å². The Morgan fingerprint density at radius 2 is 2.12 bits per heavy atom. The van der Waals surface area contributed by atoms with Crippen LogP contribution in [0.4, 0.5) is 0 Å². The van der Waals surface area contributed by atoms with Crippen molar-refractivity contribution < 1.29 is 9.47 Å². The van der Waals surface area contributed by atoms with E-state index in [4.69, 9.17) is 9.47 Å². The van der Waals surface area contributed by atoms with Crippen molar-refractivity contribution in [2.45, 2.75) is 52.2 Å². The fourth-order valence-corrected chi connectivity index (χ4v) is 2.02. The van der Waals surface area contributed by atoms with E-state index in [2.05, 4.69) is 26.1 Å². The highest BCUT2D eigenvalue weighted by Crippen LogP contribution is 2.19. The molecular formula is C13H27NO2. The van der Waals surface area contributed by atoms with E-state index < -0.39 is 0 Å². The third-order valence-corrected chi connectivity index (χ3v) is 3.26. The summed E-state index contributed by atoms with van der Waals surface area (Å²) in [4.78, 5) is 0. The number of hydrogen-bond acceptors (Lipinski definition) is 3. The van der Waals surface area contributed by atoms with Crippen LogP contribution in [0, 0.1) is 5.41 Å². The van der Waals surface area contributed by atoms with E-state index in [1.807, 2.05) is 7.05 Å². The van der Waals surface area contributed by atoms with Crippen molar-refractivity contribution in [3.63, 3.8) is 0 Å². The lowest BCUT2D eigenvalue weighted by Gasteiger charge is -2.31. The molecule has 3 heteroatoms. The first-order valence-electron chi connectivity index (χ1n) is 6.40. The van der Waals surface area contributed by atoms with Gasteiger partial charge in [-0.3, -0.25) is 0 Å². The molecule has 0 bridgehead atoms. The highest BCUT2D eigenvalue weighted by atomic mass is 16.5. The molecule has 0 amide bonds. The molecule has 1 heterocycles. The van der Waals surface area contributed by atoms with E-state index in [9.17, 15) is 0 Å². The van der Waals surface area contributed by atoms with Gasteiger partial charge in [0.1, 0.15) is 0 Å². The first-order chi connectivity index (χ1) is 7.54. The van der Waals surface area contributed by atoms with Crippen LogP contribution in [0.15, 0.2) is 0 Å². The zero-order chi connectivity index (χ0) is 12.0. The summed E-state index contributed by atoms with van der Waals surface area (Å²) in [5.41, 5.74) is 0.238. The second-order valence-corrected chi connectivity index (χ2v) is 5.73. The highest BCUT2D eigenvalue weighted by molar-refractivity contribution is 4.79. The van der Waals surface area contributed by atoms with Crippen LogP contribution in [-0.2, 0) is 9.47 Å². The van der Waals surface area contributed by atoms with Crippen molar-refractivity contribution in [1.29, 1.82) is 0 Å². The Morgan fingerprint density at radius 1 is 1.38 bits per heavy atom. The molecule has 0 aromatic rings. The lowest BCUT2D eigenvalue weighted by Crippen LogP contribution is -2.42. The summed E-state index contributed by atoms with van der Waals surface area (Å²) in [5.74, 6) is 0. The van der Waals surface area contributed by atoms with Crippen LogP contribution in [0.2, 0.25) is 0 Å². The Balaban J connectivity index is 2.17. The van der Waals surface area contributed by atoms with E-state index in [1.165, 1.54) is 12.8 Å². The molecule has 1 saturated heterocycles. The van der Waals surface area contributed by atoms with E-state index >= 15 is 0 Å². The Bertz CT molecular complexity index is 183. The van der Waals surface area contributed by atoms with Gasteiger partial charge in [-0.15, -0.1) is 0 Å². The van der Waals surface area contributed by atoms with Gasteiger partial charge in [0.15, 0.2) is 0 Å². The topological polar surface area (TPSA) is 30.5 Å². The van der Waals surface area contributed by atoms with Gasteiger partial charge in [-0.25, -0.2) is 0 Å². The molecule has 0 aromatic carbocycles. The van der Waals surface area contributed by atoms with E-state index in [0.717, 1.165) is 26.2 Å². The number of ether oxygens (including phenoxy) is 2. The van der Waals surface area contributed by atoms with Gasteiger partial charge >= 0.3 is 0 Å². The molecular weight excluding hydrogens is 202 g/mol. The Morgan fingerprint density at radius 3 is 2.62 bits per heavy atom. The largest absolute Gasteiger partial charge is 0.377 e. The number of nitrogens with one attached hydrogen (secondary N) is 1. The zero-order valence-electron chi connectivity index (χ0n) is 11.2. The predicted octanol–water partition coefficient (Wildman–Crippen LogP) is 2.21. The first kappa shape index (κ1) is 13.9. The average Bonchev–Trinajstić information content (AvgIpc) is 2.24. The summed E-state index contributed by atoms with van der Waals surface area (Å²) in [5, 5.41) is 3.31. The fourth-order valence-electron chi connectivity index (χ4n) is 2.02. The first-order valence-corrected chi connectivity index (χ1v) is 6.40. The third-order valence-electron chi connectivity index (χ3n) is 3.26. The number of hydrogen-bond donors (Lipinski definition) is 1. The predicted molar refractivity (Wildman–Crippen MR) is 66.7 cm³/mol. The molecule has 0 aliphatic carbocycles. The van der Waals surface area contributed by atoms with Crippen molar-refractivity contribution >= 4 is 0 Å². The molecule has 0 spiro atoms. The second kappa shape index (κ2) is 6.58. The molecule has 0 aromatic heterocycles. The summed E-state index contributed by atoms with van der Waals surface area (Å²) in [7, 11) is 2.00. The minimum Gasteiger partial charge on any atom is -0.377 e. The molecule has 1 fully saturated rings. The van der Waals surface area contributed by atoms with Crippen molar-refractivity contribution in [3.8, 4) is 0 Å². The molecule has 1 rings (SSSR count). The maximum Gasteiger partial charge on any atom is 0.0808 e. The molecule has 1 aliphatic rings. The second-order valence-electron chi connectivity index (χ2n) is 5.73. The molecule has 2 atom stereocenters. The third kappa shape index (κ3) is 4.81. The van der Waals surface area contributed by atoms with Gasteiger partial charge in [0.25, 0.3) is 0 Å². The summed E-state index contributed by atoms with van der Waals surface area (Å²) in [6.07, 6.45) is 3.96. The van der Waals surface area contributed by atoms with Crippen molar-refractivity contribution in [3.05, 3.63) is 0 Å². The van der Waals surface area contributed by atoms with Crippen molar-refractivity contribution in [1.82, 2.24) is 5.32 Å². The minimum atomic E-state index is 0.238. The number of rotatable bonds is 5. The fraction of sp³-hybridized carbons (Fsp3) is 1.00. The molecule has 1 N–H and O–H groups in total. The van der Waals surface area contributed by atoms with E-state index in [-0.39, 0.29) is 5.41 Å². The van der Waals surface area contributed by atoms with Gasteiger partial charge in [0.05, 0.1) is 19.3 Å². The summed E-state index contributed by atoms with van der Waals surface area (Å²) >= 11 is 0. The minimum absolute atomic E-state index is 0.238. The highest BCUT2D eigenvalue weighted by Gasteiger charge is 2.23. The maximum atomic E-state index is 5.77.